The molecule has 0 aliphatic heterocycles. The summed E-state index contributed by atoms with van der Waals surface area (Å²) < 4.78 is 36.2. The van der Waals surface area contributed by atoms with Gasteiger partial charge < -0.3 is 14.5 Å². The number of carbonyl (C=O) groups excluding carboxylic acids is 1. The van der Waals surface area contributed by atoms with Crippen LogP contribution in [0.3, 0.4) is 0 Å². The van der Waals surface area contributed by atoms with Gasteiger partial charge in [-0.3, -0.25) is 0 Å². The van der Waals surface area contributed by atoms with Crippen molar-refractivity contribution < 1.29 is 22.4 Å². The molecule has 0 aliphatic rings. The zero-order valence-electron chi connectivity index (χ0n) is 17.7. The Balaban J connectivity index is 2.24. The number of amides is 1. The van der Waals surface area contributed by atoms with E-state index in [9.17, 15) is 13.2 Å². The molecule has 160 valence electrons. The Morgan fingerprint density at radius 2 is 1.97 bits per heavy atom. The van der Waals surface area contributed by atoms with E-state index < -0.39 is 32.8 Å². The summed E-state index contributed by atoms with van der Waals surface area (Å²) in [5.41, 5.74) is 0.929. The van der Waals surface area contributed by atoms with Crippen LogP contribution >= 0.6 is 0 Å². The van der Waals surface area contributed by atoms with Crippen LogP contribution in [0.15, 0.2) is 33.9 Å². The molecule has 0 aliphatic carbocycles. The maximum Gasteiger partial charge on any atom is 0.408 e. The Kier molecular flexibility index (Phi) is 7.05. The molecule has 2 atom stereocenters. The van der Waals surface area contributed by atoms with E-state index in [1.54, 1.807) is 39.0 Å². The van der Waals surface area contributed by atoms with Gasteiger partial charge in [0.25, 0.3) is 0 Å². The van der Waals surface area contributed by atoms with Crippen LogP contribution in [-0.2, 0) is 20.3 Å². The molecule has 1 heterocycles. The molecule has 1 aromatic carbocycles. The first kappa shape index (κ1) is 22.9. The number of benzene rings is 1. The molecule has 0 saturated carbocycles. The molecular weight excluding hydrogens is 394 g/mol. The highest BCUT2D eigenvalue weighted by molar-refractivity contribution is 7.90. The van der Waals surface area contributed by atoms with Crippen molar-refractivity contribution in [2.24, 2.45) is 5.92 Å². The van der Waals surface area contributed by atoms with Crippen LogP contribution in [0.25, 0.3) is 0 Å². The monoisotopic (exact) mass is 423 g/mol. The smallest absolute Gasteiger partial charge is 0.408 e. The average Bonchev–Trinajstić information content (AvgIpc) is 3.08. The number of aromatic nitrogens is 2. The highest BCUT2D eigenvalue weighted by Crippen LogP contribution is 2.26. The lowest BCUT2D eigenvalue weighted by atomic mass is 9.99. The fraction of sp³-hybridized carbons (Fsp3) is 0.550. The van der Waals surface area contributed by atoms with Crippen molar-refractivity contribution in [3.63, 3.8) is 0 Å². The van der Waals surface area contributed by atoms with Crippen molar-refractivity contribution in [3.8, 4) is 0 Å². The molecule has 1 N–H and O–H groups in total. The van der Waals surface area contributed by atoms with Crippen LogP contribution in [-0.4, -0.2) is 30.3 Å². The van der Waals surface area contributed by atoms with E-state index in [2.05, 4.69) is 15.5 Å². The lowest BCUT2D eigenvalue weighted by Crippen LogP contribution is -2.37. The molecule has 0 fully saturated rings. The maximum absolute atomic E-state index is 12.7. The Labute approximate surface area is 172 Å². The second-order valence-electron chi connectivity index (χ2n) is 8.16. The second-order valence-corrected chi connectivity index (χ2v) is 10.0. The molecule has 8 nitrogen and oxygen atoms in total. The Bertz CT molecular complexity index is 947. The zero-order valence-corrected chi connectivity index (χ0v) is 18.5. The van der Waals surface area contributed by atoms with E-state index in [-0.39, 0.29) is 17.6 Å². The fourth-order valence-electron chi connectivity index (χ4n) is 2.67. The van der Waals surface area contributed by atoms with Crippen LogP contribution < -0.4 is 5.32 Å². The summed E-state index contributed by atoms with van der Waals surface area (Å²) >= 11 is 0. The average molecular weight is 424 g/mol. The van der Waals surface area contributed by atoms with E-state index in [0.29, 0.717) is 12.0 Å². The van der Waals surface area contributed by atoms with Crippen molar-refractivity contribution in [2.45, 2.75) is 70.6 Å². The van der Waals surface area contributed by atoms with Crippen molar-refractivity contribution >= 4 is 15.9 Å². The molecule has 0 radical (unpaired) electrons. The minimum Gasteiger partial charge on any atom is -0.444 e. The molecule has 0 bridgehead atoms. The molecular formula is C20H29N3O5S. The third-order valence-corrected chi connectivity index (χ3v) is 5.69. The third-order valence-electron chi connectivity index (χ3n) is 4.28. The van der Waals surface area contributed by atoms with Gasteiger partial charge in [-0.25, -0.2) is 13.2 Å². The van der Waals surface area contributed by atoms with E-state index >= 15 is 0 Å². The molecule has 0 saturated heterocycles. The summed E-state index contributed by atoms with van der Waals surface area (Å²) in [6, 6.07) is 6.54. The van der Waals surface area contributed by atoms with E-state index in [0.717, 1.165) is 5.56 Å². The molecule has 2 aromatic rings. The van der Waals surface area contributed by atoms with Gasteiger partial charge >= 0.3 is 11.3 Å². The fourth-order valence-corrected chi connectivity index (χ4v) is 3.79. The Morgan fingerprint density at radius 3 is 2.55 bits per heavy atom. The van der Waals surface area contributed by atoms with Crippen molar-refractivity contribution in [2.75, 3.05) is 0 Å². The summed E-state index contributed by atoms with van der Waals surface area (Å²) in [5.74, 6) is -0.285. The zero-order chi connectivity index (χ0) is 21.8. The first-order chi connectivity index (χ1) is 13.4. The van der Waals surface area contributed by atoms with E-state index in [1.807, 2.05) is 26.8 Å². The largest absolute Gasteiger partial charge is 0.444 e. The molecule has 29 heavy (non-hydrogen) atoms. The summed E-state index contributed by atoms with van der Waals surface area (Å²) in [6.45, 7) is 11.0. The molecule has 0 unspecified atom stereocenters. The van der Waals surface area contributed by atoms with Crippen LogP contribution in [0.4, 0.5) is 4.79 Å². The standard InChI is InChI=1S/C20H29N3O5S/c1-7-14(3)16(21-18(24)28-20(4,5)6)17-22-23-19(27-17)29(25,26)12-15-10-8-9-13(2)11-15/h8-11,14,16H,7,12H2,1-6H3,(H,21,24)/t14-,16-/m0/s1. The first-order valence-electron chi connectivity index (χ1n) is 9.52. The molecule has 2 rings (SSSR count). The van der Waals surface area contributed by atoms with Crippen LogP contribution in [0.1, 0.15) is 64.1 Å². The van der Waals surface area contributed by atoms with Gasteiger partial charge in [0.1, 0.15) is 11.6 Å². The predicted octanol–water partition coefficient (Wildman–Crippen LogP) is 3.96. The maximum atomic E-state index is 12.7. The number of nitrogens with one attached hydrogen (secondary N) is 1. The number of ether oxygens (including phenoxy) is 1. The topological polar surface area (TPSA) is 111 Å². The second kappa shape index (κ2) is 8.94. The van der Waals surface area contributed by atoms with E-state index in [1.165, 1.54) is 0 Å². The van der Waals surface area contributed by atoms with Gasteiger partial charge in [-0.05, 0) is 39.2 Å². The predicted molar refractivity (Wildman–Crippen MR) is 108 cm³/mol. The number of carbonyl (C=O) groups is 1. The minimum absolute atomic E-state index is 0.0352. The van der Waals surface area contributed by atoms with Crippen molar-refractivity contribution in [3.05, 3.63) is 41.3 Å². The summed E-state index contributed by atoms with van der Waals surface area (Å²) in [6.07, 6.45) is 0.0685. The van der Waals surface area contributed by atoms with Gasteiger partial charge in [-0.1, -0.05) is 55.2 Å². The summed E-state index contributed by atoms with van der Waals surface area (Å²) in [5, 5.41) is 9.87. The third kappa shape index (κ3) is 6.56. The van der Waals surface area contributed by atoms with Gasteiger partial charge in [-0.2, -0.15) is 0 Å². The number of alkyl carbamates (subject to hydrolysis) is 1. The van der Waals surface area contributed by atoms with Crippen LogP contribution in [0.2, 0.25) is 0 Å². The number of aryl methyl sites for hydroxylation is 1. The van der Waals surface area contributed by atoms with Gasteiger partial charge in [0.15, 0.2) is 0 Å². The Morgan fingerprint density at radius 1 is 1.28 bits per heavy atom. The minimum atomic E-state index is -3.82. The quantitative estimate of drug-likeness (QED) is 0.717. The van der Waals surface area contributed by atoms with Crippen molar-refractivity contribution in [1.29, 1.82) is 0 Å². The normalized spacial score (nSPS) is 14.3. The number of sulfone groups is 1. The highest BCUT2D eigenvalue weighted by Gasteiger charge is 2.31. The van der Waals surface area contributed by atoms with E-state index in [4.69, 9.17) is 9.15 Å². The van der Waals surface area contributed by atoms with Gasteiger partial charge in [0, 0.05) is 0 Å². The molecule has 1 amide bonds. The van der Waals surface area contributed by atoms with Gasteiger partial charge in [-0.15, -0.1) is 5.10 Å². The van der Waals surface area contributed by atoms with Crippen molar-refractivity contribution in [1.82, 2.24) is 15.5 Å². The summed E-state index contributed by atoms with van der Waals surface area (Å²) in [4.78, 5) is 12.2. The van der Waals surface area contributed by atoms with Gasteiger partial charge in [0.2, 0.25) is 15.7 Å². The first-order valence-corrected chi connectivity index (χ1v) is 11.2. The lowest BCUT2D eigenvalue weighted by molar-refractivity contribution is 0.0473. The number of hydrogen-bond donors (Lipinski definition) is 1. The molecule has 9 heteroatoms. The number of nitrogens with zero attached hydrogens (tertiary/aromatic N) is 2. The van der Waals surface area contributed by atoms with Gasteiger partial charge in [0.05, 0.1) is 5.75 Å². The Hall–Kier alpha value is -2.42. The number of hydrogen-bond acceptors (Lipinski definition) is 7. The summed E-state index contributed by atoms with van der Waals surface area (Å²) in [7, 11) is -3.82. The SMILES string of the molecule is CC[C@H](C)[C@H](NC(=O)OC(C)(C)C)c1nnc(S(=O)(=O)Cc2cccc(C)c2)o1. The molecule has 0 spiro atoms. The highest BCUT2D eigenvalue weighted by atomic mass is 32.2. The van der Waals surface area contributed by atoms with Crippen LogP contribution in [0, 0.1) is 12.8 Å². The van der Waals surface area contributed by atoms with Crippen LogP contribution in [0.5, 0.6) is 0 Å². The lowest BCUT2D eigenvalue weighted by Gasteiger charge is -2.24. The number of rotatable bonds is 7. The molecule has 1 aromatic heterocycles.